The van der Waals surface area contributed by atoms with Crippen molar-refractivity contribution in [2.45, 2.75) is 6.10 Å². The Hall–Kier alpha value is -2.15. The number of nitrogen functional groups attached to an aromatic ring is 1. The van der Waals surface area contributed by atoms with Gasteiger partial charge >= 0.3 is 5.97 Å². The first-order chi connectivity index (χ1) is 8.45. The summed E-state index contributed by atoms with van der Waals surface area (Å²) in [6.45, 7) is -0.303. The third-order valence-electron chi connectivity index (χ3n) is 2.19. The number of ether oxygens (including phenoxy) is 1. The van der Waals surface area contributed by atoms with E-state index in [4.69, 9.17) is 5.73 Å². The molecule has 0 aliphatic heterocycles. The topological polar surface area (TPSA) is 102 Å². The summed E-state index contributed by atoms with van der Waals surface area (Å²) >= 11 is 0. The fourth-order valence-electron chi connectivity index (χ4n) is 1.20. The molecule has 6 nitrogen and oxygen atoms in total. The summed E-state index contributed by atoms with van der Waals surface area (Å²) in [5.74, 6) is -2.06. The van der Waals surface area contributed by atoms with E-state index in [1.165, 1.54) is 6.07 Å². The molecular formula is C11H13FN2O4. The van der Waals surface area contributed by atoms with Gasteiger partial charge in [-0.3, -0.25) is 4.79 Å². The van der Waals surface area contributed by atoms with Gasteiger partial charge in [0.25, 0.3) is 5.91 Å². The number of anilines is 1. The Balaban J connectivity index is 2.60. The Morgan fingerprint density at radius 1 is 1.56 bits per heavy atom. The first kappa shape index (κ1) is 13.9. The van der Waals surface area contributed by atoms with E-state index in [1.807, 2.05) is 0 Å². The molecular weight excluding hydrogens is 243 g/mol. The molecule has 4 N–H and O–H groups in total. The molecule has 7 heteroatoms. The van der Waals surface area contributed by atoms with Crippen LogP contribution in [0.25, 0.3) is 0 Å². The number of hydrogen-bond acceptors (Lipinski definition) is 5. The van der Waals surface area contributed by atoms with Crippen LogP contribution in [-0.4, -0.2) is 36.7 Å². The molecule has 0 aliphatic carbocycles. The van der Waals surface area contributed by atoms with E-state index in [2.05, 4.69) is 10.1 Å². The number of carbonyl (C=O) groups is 2. The van der Waals surface area contributed by atoms with E-state index >= 15 is 0 Å². The van der Waals surface area contributed by atoms with Crippen LogP contribution in [0.3, 0.4) is 0 Å². The van der Waals surface area contributed by atoms with Crippen molar-refractivity contribution in [3.8, 4) is 0 Å². The number of amides is 1. The van der Waals surface area contributed by atoms with Gasteiger partial charge in [0.1, 0.15) is 5.82 Å². The number of benzene rings is 1. The molecule has 1 amide bonds. The Labute approximate surface area is 103 Å². The maximum absolute atomic E-state index is 12.9. The minimum Gasteiger partial charge on any atom is -0.467 e. The van der Waals surface area contributed by atoms with Crippen LogP contribution >= 0.6 is 0 Å². The van der Waals surface area contributed by atoms with Crippen molar-refractivity contribution in [1.29, 1.82) is 0 Å². The molecule has 0 saturated heterocycles. The van der Waals surface area contributed by atoms with Gasteiger partial charge in [-0.25, -0.2) is 9.18 Å². The summed E-state index contributed by atoms with van der Waals surface area (Å²) in [5, 5.41) is 11.5. The Morgan fingerprint density at radius 3 is 2.78 bits per heavy atom. The van der Waals surface area contributed by atoms with Gasteiger partial charge in [-0.2, -0.15) is 0 Å². The fourth-order valence-corrected chi connectivity index (χ4v) is 1.20. The normalized spacial score (nSPS) is 11.7. The molecule has 0 radical (unpaired) electrons. The number of carbonyl (C=O) groups excluding carboxylic acids is 2. The van der Waals surface area contributed by atoms with Crippen LogP contribution in [0, 0.1) is 5.82 Å². The first-order valence-corrected chi connectivity index (χ1v) is 5.04. The monoisotopic (exact) mass is 256 g/mol. The second kappa shape index (κ2) is 5.97. The molecule has 0 saturated carbocycles. The summed E-state index contributed by atoms with van der Waals surface area (Å²) in [4.78, 5) is 22.4. The van der Waals surface area contributed by atoms with Crippen LogP contribution in [-0.2, 0) is 9.53 Å². The standard InChI is InChI=1S/C11H13FN2O4/c1-18-11(17)9(15)5-14-10(16)6-2-3-7(12)8(13)4-6/h2-4,9,15H,5,13H2,1H3,(H,14,16). The maximum atomic E-state index is 12.9. The van der Waals surface area contributed by atoms with Gasteiger partial charge in [0.2, 0.25) is 0 Å². The molecule has 0 aliphatic rings. The number of nitrogens with one attached hydrogen (secondary N) is 1. The third-order valence-corrected chi connectivity index (χ3v) is 2.19. The van der Waals surface area contributed by atoms with E-state index in [1.54, 1.807) is 0 Å². The molecule has 1 aromatic carbocycles. The van der Waals surface area contributed by atoms with Gasteiger partial charge in [-0.05, 0) is 18.2 Å². The number of hydrogen-bond donors (Lipinski definition) is 3. The van der Waals surface area contributed by atoms with E-state index in [0.717, 1.165) is 19.2 Å². The number of methoxy groups -OCH3 is 1. The number of aliphatic hydroxyl groups is 1. The summed E-state index contributed by atoms with van der Waals surface area (Å²) in [6, 6.07) is 3.46. The van der Waals surface area contributed by atoms with E-state index in [9.17, 15) is 19.1 Å². The average Bonchev–Trinajstić information content (AvgIpc) is 2.37. The Morgan fingerprint density at radius 2 is 2.22 bits per heavy atom. The van der Waals surface area contributed by atoms with Crippen molar-refractivity contribution in [3.63, 3.8) is 0 Å². The maximum Gasteiger partial charge on any atom is 0.336 e. The molecule has 0 fully saturated rings. The quantitative estimate of drug-likeness (QED) is 0.506. The lowest BCUT2D eigenvalue weighted by molar-refractivity contribution is -0.149. The molecule has 0 aromatic heterocycles. The highest BCUT2D eigenvalue weighted by molar-refractivity contribution is 5.95. The van der Waals surface area contributed by atoms with Gasteiger partial charge < -0.3 is 20.9 Å². The largest absolute Gasteiger partial charge is 0.467 e. The average molecular weight is 256 g/mol. The molecule has 1 unspecified atom stereocenters. The minimum absolute atomic E-state index is 0.131. The van der Waals surface area contributed by atoms with Crippen LogP contribution in [0.1, 0.15) is 10.4 Å². The minimum atomic E-state index is -1.45. The second-order valence-electron chi connectivity index (χ2n) is 3.49. The highest BCUT2D eigenvalue weighted by atomic mass is 19.1. The summed E-state index contributed by atoms with van der Waals surface area (Å²) in [5.41, 5.74) is 5.28. The van der Waals surface area contributed by atoms with Crippen LogP contribution in [0.2, 0.25) is 0 Å². The third kappa shape index (κ3) is 3.42. The Kier molecular flexibility index (Phi) is 4.61. The highest BCUT2D eigenvalue weighted by Crippen LogP contribution is 2.11. The van der Waals surface area contributed by atoms with Gasteiger partial charge in [0, 0.05) is 5.56 Å². The number of halogens is 1. The van der Waals surface area contributed by atoms with Gasteiger partial charge in [0.15, 0.2) is 6.10 Å². The zero-order valence-electron chi connectivity index (χ0n) is 9.64. The van der Waals surface area contributed by atoms with Crippen LogP contribution in [0.4, 0.5) is 10.1 Å². The zero-order chi connectivity index (χ0) is 13.7. The molecule has 0 bridgehead atoms. The van der Waals surface area contributed by atoms with E-state index in [-0.39, 0.29) is 17.8 Å². The smallest absolute Gasteiger partial charge is 0.336 e. The molecule has 0 spiro atoms. The Bertz CT molecular complexity index is 464. The lowest BCUT2D eigenvalue weighted by atomic mass is 10.2. The zero-order valence-corrected chi connectivity index (χ0v) is 9.64. The molecule has 1 aromatic rings. The predicted octanol–water partition coefficient (Wildman–Crippen LogP) is -0.328. The number of rotatable bonds is 4. The number of nitrogens with two attached hydrogens (primary N) is 1. The van der Waals surface area contributed by atoms with Crippen molar-refractivity contribution in [2.24, 2.45) is 0 Å². The van der Waals surface area contributed by atoms with Crippen molar-refractivity contribution in [3.05, 3.63) is 29.6 Å². The molecule has 0 heterocycles. The van der Waals surface area contributed by atoms with Crippen molar-refractivity contribution >= 4 is 17.6 Å². The summed E-state index contributed by atoms with van der Waals surface area (Å²) in [6.07, 6.45) is -1.45. The molecule has 98 valence electrons. The second-order valence-corrected chi connectivity index (χ2v) is 3.49. The lowest BCUT2D eigenvalue weighted by Gasteiger charge is -2.10. The van der Waals surface area contributed by atoms with Crippen molar-refractivity contribution in [2.75, 3.05) is 19.4 Å². The van der Waals surface area contributed by atoms with Crippen LogP contribution in [0.5, 0.6) is 0 Å². The van der Waals surface area contributed by atoms with Crippen LogP contribution in [0.15, 0.2) is 18.2 Å². The summed E-state index contributed by atoms with van der Waals surface area (Å²) < 4.78 is 17.1. The molecule has 18 heavy (non-hydrogen) atoms. The first-order valence-electron chi connectivity index (χ1n) is 5.04. The predicted molar refractivity (Wildman–Crippen MR) is 61.2 cm³/mol. The van der Waals surface area contributed by atoms with Crippen molar-refractivity contribution < 1.29 is 23.8 Å². The van der Waals surface area contributed by atoms with Crippen LogP contribution < -0.4 is 11.1 Å². The lowest BCUT2D eigenvalue weighted by Crippen LogP contribution is -2.37. The highest BCUT2D eigenvalue weighted by Gasteiger charge is 2.17. The molecule has 1 atom stereocenters. The summed E-state index contributed by atoms with van der Waals surface area (Å²) in [7, 11) is 1.12. The van der Waals surface area contributed by atoms with Crippen molar-refractivity contribution in [1.82, 2.24) is 5.32 Å². The SMILES string of the molecule is COC(=O)C(O)CNC(=O)c1ccc(F)c(N)c1. The fraction of sp³-hybridized carbons (Fsp3) is 0.273. The van der Waals surface area contributed by atoms with E-state index in [0.29, 0.717) is 0 Å². The van der Waals surface area contributed by atoms with Gasteiger partial charge in [0.05, 0.1) is 19.3 Å². The molecule has 1 rings (SSSR count). The van der Waals surface area contributed by atoms with E-state index < -0.39 is 23.8 Å². The van der Waals surface area contributed by atoms with Gasteiger partial charge in [-0.1, -0.05) is 0 Å². The van der Waals surface area contributed by atoms with Gasteiger partial charge in [-0.15, -0.1) is 0 Å². The number of esters is 1. The number of aliphatic hydroxyl groups excluding tert-OH is 1.